The number of hydrogen-bond acceptors (Lipinski definition) is 2. The zero-order chi connectivity index (χ0) is 11.5. The third-order valence-electron chi connectivity index (χ3n) is 2.17. The molecule has 0 saturated heterocycles. The molecule has 82 valence electrons. The molecule has 0 aliphatic heterocycles. The van der Waals surface area contributed by atoms with Gasteiger partial charge in [-0.05, 0) is 30.3 Å². The molecule has 0 amide bonds. The second-order valence-electron chi connectivity index (χ2n) is 3.18. The normalized spacial score (nSPS) is 10.2. The van der Waals surface area contributed by atoms with Gasteiger partial charge in [0.15, 0.2) is 0 Å². The van der Waals surface area contributed by atoms with E-state index in [1.807, 2.05) is 0 Å². The number of ether oxygens (including phenoxy) is 1. The molecule has 0 aliphatic rings. The van der Waals surface area contributed by atoms with Crippen LogP contribution in [-0.2, 0) is 0 Å². The second kappa shape index (κ2) is 4.26. The number of halogens is 2. The molecular formula is C12H9F2NO. The Kier molecular flexibility index (Phi) is 2.81. The average Bonchev–Trinajstić information content (AvgIpc) is 2.32. The van der Waals surface area contributed by atoms with E-state index in [-0.39, 0.29) is 5.56 Å². The van der Waals surface area contributed by atoms with Crippen LogP contribution in [-0.4, -0.2) is 12.1 Å². The summed E-state index contributed by atoms with van der Waals surface area (Å²) in [6.45, 7) is 0. The molecular weight excluding hydrogens is 212 g/mol. The molecule has 0 spiro atoms. The van der Waals surface area contributed by atoms with Gasteiger partial charge in [-0.25, -0.2) is 8.78 Å². The predicted molar refractivity (Wildman–Crippen MR) is 56.1 cm³/mol. The molecule has 16 heavy (non-hydrogen) atoms. The minimum atomic E-state index is -0.529. The monoisotopic (exact) mass is 221 g/mol. The van der Waals surface area contributed by atoms with Crippen LogP contribution in [0.25, 0.3) is 11.3 Å². The summed E-state index contributed by atoms with van der Waals surface area (Å²) in [5, 5.41) is 0. The molecule has 2 nitrogen and oxygen atoms in total. The Hall–Kier alpha value is -1.97. The first-order valence-electron chi connectivity index (χ1n) is 4.67. The molecule has 0 unspecified atom stereocenters. The van der Waals surface area contributed by atoms with E-state index >= 15 is 0 Å². The van der Waals surface area contributed by atoms with Crippen molar-refractivity contribution in [2.24, 2.45) is 0 Å². The minimum Gasteiger partial charge on any atom is -0.494 e. The third-order valence-corrected chi connectivity index (χ3v) is 2.17. The van der Waals surface area contributed by atoms with Crippen molar-refractivity contribution in [3.63, 3.8) is 0 Å². The molecule has 4 heteroatoms. The first kappa shape index (κ1) is 10.5. The molecule has 2 rings (SSSR count). The predicted octanol–water partition coefficient (Wildman–Crippen LogP) is 3.04. The molecule has 0 fully saturated rings. The van der Waals surface area contributed by atoms with Crippen molar-refractivity contribution in [1.82, 2.24) is 4.98 Å². The quantitative estimate of drug-likeness (QED) is 0.777. The van der Waals surface area contributed by atoms with Crippen molar-refractivity contribution in [2.75, 3.05) is 7.11 Å². The number of pyridine rings is 1. The lowest BCUT2D eigenvalue weighted by atomic mass is 10.1. The van der Waals surface area contributed by atoms with Crippen LogP contribution in [0.1, 0.15) is 0 Å². The minimum absolute atomic E-state index is 0.0949. The van der Waals surface area contributed by atoms with Gasteiger partial charge in [0, 0.05) is 11.8 Å². The second-order valence-corrected chi connectivity index (χ2v) is 3.18. The Morgan fingerprint density at radius 2 is 2.00 bits per heavy atom. The van der Waals surface area contributed by atoms with Gasteiger partial charge < -0.3 is 4.74 Å². The van der Waals surface area contributed by atoms with Crippen molar-refractivity contribution >= 4 is 0 Å². The highest BCUT2D eigenvalue weighted by Gasteiger charge is 2.12. The smallest absolute Gasteiger partial charge is 0.145 e. The number of rotatable bonds is 2. The van der Waals surface area contributed by atoms with E-state index in [1.165, 1.54) is 13.3 Å². The van der Waals surface area contributed by atoms with Crippen LogP contribution >= 0.6 is 0 Å². The van der Waals surface area contributed by atoms with Gasteiger partial charge in [0.2, 0.25) is 0 Å². The third kappa shape index (κ3) is 1.86. The number of benzene rings is 1. The lowest BCUT2D eigenvalue weighted by molar-refractivity contribution is 0.414. The lowest BCUT2D eigenvalue weighted by Gasteiger charge is -2.07. The van der Waals surface area contributed by atoms with Gasteiger partial charge in [-0.2, -0.15) is 0 Å². The van der Waals surface area contributed by atoms with Crippen molar-refractivity contribution in [1.29, 1.82) is 0 Å². The molecule has 0 aliphatic carbocycles. The lowest BCUT2D eigenvalue weighted by Crippen LogP contribution is -1.93. The van der Waals surface area contributed by atoms with Crippen LogP contribution in [0.4, 0.5) is 8.78 Å². The maximum absolute atomic E-state index is 13.5. The van der Waals surface area contributed by atoms with Gasteiger partial charge in [-0.1, -0.05) is 0 Å². The molecule has 0 N–H and O–H groups in total. The van der Waals surface area contributed by atoms with Crippen LogP contribution in [0.2, 0.25) is 0 Å². The molecule has 2 aromatic rings. The van der Waals surface area contributed by atoms with E-state index < -0.39 is 11.6 Å². The van der Waals surface area contributed by atoms with E-state index in [1.54, 1.807) is 12.1 Å². The van der Waals surface area contributed by atoms with Crippen molar-refractivity contribution in [3.8, 4) is 17.0 Å². The Morgan fingerprint density at radius 1 is 1.19 bits per heavy atom. The Morgan fingerprint density at radius 3 is 2.75 bits per heavy atom. The zero-order valence-corrected chi connectivity index (χ0v) is 8.58. The van der Waals surface area contributed by atoms with Gasteiger partial charge in [0.1, 0.15) is 23.1 Å². The van der Waals surface area contributed by atoms with Crippen LogP contribution in [0.15, 0.2) is 36.5 Å². The highest BCUT2D eigenvalue weighted by Crippen LogP contribution is 2.29. The number of nitrogens with zero attached hydrogens (tertiary/aromatic N) is 1. The van der Waals surface area contributed by atoms with Gasteiger partial charge in [-0.3, -0.25) is 4.98 Å². The summed E-state index contributed by atoms with van der Waals surface area (Å²) >= 11 is 0. The van der Waals surface area contributed by atoms with Crippen molar-refractivity contribution < 1.29 is 13.5 Å². The van der Waals surface area contributed by atoms with E-state index in [0.717, 1.165) is 18.2 Å². The largest absolute Gasteiger partial charge is 0.494 e. The van der Waals surface area contributed by atoms with Gasteiger partial charge in [0.05, 0.1) is 7.11 Å². The SMILES string of the molecule is COc1cccnc1-c1cc(F)ccc1F. The standard InChI is InChI=1S/C12H9F2NO/c1-16-11-3-2-6-15-12(11)9-7-8(13)4-5-10(9)14/h2-7H,1H3. The number of aromatic nitrogens is 1. The fourth-order valence-corrected chi connectivity index (χ4v) is 1.44. The van der Waals surface area contributed by atoms with Crippen molar-refractivity contribution in [2.45, 2.75) is 0 Å². The summed E-state index contributed by atoms with van der Waals surface area (Å²) in [6.07, 6.45) is 1.50. The first-order valence-corrected chi connectivity index (χ1v) is 4.67. The molecule has 1 heterocycles. The zero-order valence-electron chi connectivity index (χ0n) is 8.58. The fraction of sp³-hybridized carbons (Fsp3) is 0.0833. The van der Waals surface area contributed by atoms with E-state index in [9.17, 15) is 8.78 Å². The van der Waals surface area contributed by atoms with Crippen LogP contribution in [0.3, 0.4) is 0 Å². The molecule has 0 atom stereocenters. The molecule has 0 bridgehead atoms. The molecule has 0 radical (unpaired) electrons. The first-order chi connectivity index (χ1) is 7.72. The molecule has 0 saturated carbocycles. The topological polar surface area (TPSA) is 22.1 Å². The summed E-state index contributed by atoms with van der Waals surface area (Å²) in [5.74, 6) is -0.630. The maximum Gasteiger partial charge on any atom is 0.145 e. The number of hydrogen-bond donors (Lipinski definition) is 0. The van der Waals surface area contributed by atoms with Crippen LogP contribution in [0.5, 0.6) is 5.75 Å². The Bertz CT molecular complexity index is 514. The van der Waals surface area contributed by atoms with Crippen LogP contribution in [0, 0.1) is 11.6 Å². The summed E-state index contributed by atoms with van der Waals surface area (Å²) < 4.78 is 31.6. The number of methoxy groups -OCH3 is 1. The summed E-state index contributed by atoms with van der Waals surface area (Å²) in [4.78, 5) is 3.99. The van der Waals surface area contributed by atoms with Crippen LogP contribution < -0.4 is 4.74 Å². The maximum atomic E-state index is 13.5. The van der Waals surface area contributed by atoms with E-state index in [2.05, 4.69) is 4.98 Å². The summed E-state index contributed by atoms with van der Waals surface area (Å²) in [5.41, 5.74) is 0.388. The Balaban J connectivity index is 2.62. The molecule has 1 aromatic carbocycles. The highest BCUT2D eigenvalue weighted by molar-refractivity contribution is 5.66. The molecule has 1 aromatic heterocycles. The van der Waals surface area contributed by atoms with Crippen molar-refractivity contribution in [3.05, 3.63) is 48.2 Å². The van der Waals surface area contributed by atoms with E-state index in [0.29, 0.717) is 11.4 Å². The Labute approximate surface area is 91.5 Å². The highest BCUT2D eigenvalue weighted by atomic mass is 19.1. The average molecular weight is 221 g/mol. The fourth-order valence-electron chi connectivity index (χ4n) is 1.44. The van der Waals surface area contributed by atoms with Gasteiger partial charge in [0.25, 0.3) is 0 Å². The van der Waals surface area contributed by atoms with Gasteiger partial charge >= 0.3 is 0 Å². The summed E-state index contributed by atoms with van der Waals surface area (Å²) in [6, 6.07) is 6.54. The van der Waals surface area contributed by atoms with Gasteiger partial charge in [-0.15, -0.1) is 0 Å². The van der Waals surface area contributed by atoms with E-state index in [4.69, 9.17) is 4.74 Å². The summed E-state index contributed by atoms with van der Waals surface area (Å²) in [7, 11) is 1.46.